The molecule has 2 atom stereocenters. The summed E-state index contributed by atoms with van der Waals surface area (Å²) in [6.45, 7) is 2.67. The number of hydrogen-bond donors (Lipinski definition) is 1. The van der Waals surface area contributed by atoms with Gasteiger partial charge in [-0.05, 0) is 30.2 Å². The van der Waals surface area contributed by atoms with Crippen molar-refractivity contribution in [2.75, 3.05) is 18.4 Å². The molecule has 1 aliphatic heterocycles. The number of para-hydroxylation sites is 1. The van der Waals surface area contributed by atoms with Crippen molar-refractivity contribution < 1.29 is 18.1 Å². The molecule has 28 heavy (non-hydrogen) atoms. The lowest BCUT2D eigenvalue weighted by molar-refractivity contribution is 0.220. The van der Waals surface area contributed by atoms with E-state index in [0.717, 1.165) is 17.7 Å². The molecule has 0 saturated carbocycles. The molecule has 1 aliphatic rings. The number of amides is 2. The van der Waals surface area contributed by atoms with Crippen LogP contribution in [0.3, 0.4) is 0 Å². The molecule has 1 fully saturated rings. The van der Waals surface area contributed by atoms with Crippen molar-refractivity contribution in [1.82, 2.24) is 20.0 Å². The van der Waals surface area contributed by atoms with Crippen LogP contribution in [0.15, 0.2) is 47.2 Å². The van der Waals surface area contributed by atoms with Crippen molar-refractivity contribution in [2.24, 2.45) is 5.92 Å². The molecule has 2 amide bonds. The highest BCUT2D eigenvalue weighted by molar-refractivity contribution is 5.89. The summed E-state index contributed by atoms with van der Waals surface area (Å²) in [7, 11) is 0. The Balaban J connectivity index is 1.48. The van der Waals surface area contributed by atoms with E-state index in [0.29, 0.717) is 24.8 Å². The maximum absolute atomic E-state index is 13.8. The van der Waals surface area contributed by atoms with E-state index in [2.05, 4.69) is 20.4 Å². The second-order valence-electron chi connectivity index (χ2n) is 6.71. The van der Waals surface area contributed by atoms with E-state index < -0.39 is 23.4 Å². The summed E-state index contributed by atoms with van der Waals surface area (Å²) in [5.41, 5.74) is 0.321. The fourth-order valence-electron chi connectivity index (χ4n) is 3.26. The van der Waals surface area contributed by atoms with E-state index >= 15 is 0 Å². The number of halogens is 2. The molecule has 2 unspecified atom stereocenters. The molecule has 0 aliphatic carbocycles. The average Bonchev–Trinajstić information content (AvgIpc) is 3.32. The van der Waals surface area contributed by atoms with Gasteiger partial charge in [0, 0.05) is 31.0 Å². The third kappa shape index (κ3) is 3.42. The van der Waals surface area contributed by atoms with Crippen molar-refractivity contribution in [3.63, 3.8) is 0 Å². The van der Waals surface area contributed by atoms with Gasteiger partial charge in [0.1, 0.15) is 17.3 Å². The molecule has 144 valence electrons. The molecule has 3 aromatic rings. The van der Waals surface area contributed by atoms with Crippen LogP contribution in [-0.4, -0.2) is 39.1 Å². The zero-order valence-electron chi connectivity index (χ0n) is 15.0. The lowest BCUT2D eigenvalue weighted by atomic mass is 9.98. The Morgan fingerprint density at radius 2 is 1.89 bits per heavy atom. The quantitative estimate of drug-likeness (QED) is 0.744. The number of aromatic nitrogens is 3. The molecule has 2 aromatic heterocycles. The minimum Gasteiger partial charge on any atom is -0.339 e. The molecule has 1 N–H and O–H groups in total. The highest BCUT2D eigenvalue weighted by Crippen LogP contribution is 2.33. The van der Waals surface area contributed by atoms with E-state index in [1.165, 1.54) is 11.0 Å². The van der Waals surface area contributed by atoms with Gasteiger partial charge in [-0.1, -0.05) is 18.1 Å². The number of carbonyl (C=O) groups is 1. The summed E-state index contributed by atoms with van der Waals surface area (Å²) < 4.78 is 32.9. The Hall–Kier alpha value is -3.36. The molecule has 0 bridgehead atoms. The first-order chi connectivity index (χ1) is 13.5. The second kappa shape index (κ2) is 7.34. The zero-order valence-corrected chi connectivity index (χ0v) is 15.0. The van der Waals surface area contributed by atoms with Crippen molar-refractivity contribution in [3.05, 3.63) is 60.3 Å². The predicted molar refractivity (Wildman–Crippen MR) is 96.4 cm³/mol. The standard InChI is InChI=1S/C19H17F2N5O2/c1-11-9-26(19(27)23-16-14(20)3-2-4-15(16)21)10-13(11)18-24-17(25-28-18)12-5-7-22-8-6-12/h2-8,11,13H,9-10H2,1H3,(H,23,27). The first-order valence-electron chi connectivity index (χ1n) is 8.77. The number of likely N-dealkylation sites (tertiary alicyclic amines) is 1. The van der Waals surface area contributed by atoms with Crippen LogP contribution in [0.2, 0.25) is 0 Å². The highest BCUT2D eigenvalue weighted by Gasteiger charge is 2.37. The van der Waals surface area contributed by atoms with Gasteiger partial charge < -0.3 is 14.7 Å². The van der Waals surface area contributed by atoms with E-state index in [1.807, 2.05) is 6.92 Å². The van der Waals surface area contributed by atoms with E-state index in [1.54, 1.807) is 24.5 Å². The van der Waals surface area contributed by atoms with E-state index in [-0.39, 0.29) is 11.8 Å². The highest BCUT2D eigenvalue weighted by atomic mass is 19.1. The van der Waals surface area contributed by atoms with Gasteiger partial charge in [0.25, 0.3) is 0 Å². The van der Waals surface area contributed by atoms with Gasteiger partial charge in [0.05, 0.1) is 5.92 Å². The van der Waals surface area contributed by atoms with Crippen molar-refractivity contribution in [3.8, 4) is 11.4 Å². The van der Waals surface area contributed by atoms with Crippen LogP contribution in [0.5, 0.6) is 0 Å². The van der Waals surface area contributed by atoms with Crippen LogP contribution < -0.4 is 5.32 Å². The van der Waals surface area contributed by atoms with Crippen molar-refractivity contribution >= 4 is 11.7 Å². The number of hydrogen-bond acceptors (Lipinski definition) is 5. The molecule has 1 aromatic carbocycles. The number of benzene rings is 1. The summed E-state index contributed by atoms with van der Waals surface area (Å²) in [6, 6.07) is 6.39. The number of rotatable bonds is 3. The SMILES string of the molecule is CC1CN(C(=O)Nc2c(F)cccc2F)CC1c1nc(-c2ccncc2)no1. The van der Waals surface area contributed by atoms with E-state index in [9.17, 15) is 13.6 Å². The van der Waals surface area contributed by atoms with E-state index in [4.69, 9.17) is 4.52 Å². The lowest BCUT2D eigenvalue weighted by Gasteiger charge is -2.17. The first kappa shape index (κ1) is 18.0. The lowest BCUT2D eigenvalue weighted by Crippen LogP contribution is -2.33. The van der Waals surface area contributed by atoms with Gasteiger partial charge in [-0.2, -0.15) is 4.98 Å². The van der Waals surface area contributed by atoms with Gasteiger partial charge >= 0.3 is 6.03 Å². The zero-order chi connectivity index (χ0) is 19.7. The fraction of sp³-hybridized carbons (Fsp3) is 0.263. The number of nitrogens with one attached hydrogen (secondary N) is 1. The molecule has 4 rings (SSSR count). The van der Waals surface area contributed by atoms with Gasteiger partial charge in [0.2, 0.25) is 11.7 Å². The Kier molecular flexibility index (Phi) is 4.72. The van der Waals surface area contributed by atoms with Crippen LogP contribution in [0.1, 0.15) is 18.7 Å². The number of carbonyl (C=O) groups excluding carboxylic acids is 1. The summed E-state index contributed by atoms with van der Waals surface area (Å²) in [5.74, 6) is -0.902. The maximum atomic E-state index is 13.8. The Morgan fingerprint density at radius 3 is 2.61 bits per heavy atom. The third-order valence-electron chi connectivity index (χ3n) is 4.79. The molecule has 3 heterocycles. The minimum absolute atomic E-state index is 0.0435. The van der Waals surface area contributed by atoms with Crippen LogP contribution in [0.4, 0.5) is 19.3 Å². The number of anilines is 1. The fourth-order valence-corrected chi connectivity index (χ4v) is 3.26. The topological polar surface area (TPSA) is 84.2 Å². The van der Waals surface area contributed by atoms with Crippen LogP contribution in [-0.2, 0) is 0 Å². The normalized spacial score (nSPS) is 19.0. The third-order valence-corrected chi connectivity index (χ3v) is 4.79. The van der Waals surface area contributed by atoms with Crippen LogP contribution in [0, 0.1) is 17.6 Å². The Bertz CT molecular complexity index is 975. The molecular weight excluding hydrogens is 368 g/mol. The van der Waals surface area contributed by atoms with Gasteiger partial charge in [0.15, 0.2) is 0 Å². The van der Waals surface area contributed by atoms with Gasteiger partial charge in [-0.3, -0.25) is 4.98 Å². The second-order valence-corrected chi connectivity index (χ2v) is 6.71. The molecule has 0 spiro atoms. The van der Waals surface area contributed by atoms with Gasteiger partial charge in [-0.15, -0.1) is 0 Å². The molecule has 9 heteroatoms. The minimum atomic E-state index is -0.823. The number of urea groups is 1. The van der Waals surface area contributed by atoms with Crippen LogP contribution in [0.25, 0.3) is 11.4 Å². The van der Waals surface area contributed by atoms with Crippen molar-refractivity contribution in [2.45, 2.75) is 12.8 Å². The molecular formula is C19H17F2N5O2. The smallest absolute Gasteiger partial charge is 0.322 e. The summed E-state index contributed by atoms with van der Waals surface area (Å²) in [6.07, 6.45) is 3.27. The maximum Gasteiger partial charge on any atom is 0.322 e. The molecule has 1 saturated heterocycles. The summed E-state index contributed by atoms with van der Waals surface area (Å²) >= 11 is 0. The summed E-state index contributed by atoms with van der Waals surface area (Å²) in [5, 5.41) is 6.30. The predicted octanol–water partition coefficient (Wildman–Crippen LogP) is 3.68. The monoisotopic (exact) mass is 385 g/mol. The van der Waals surface area contributed by atoms with Gasteiger partial charge in [-0.25, -0.2) is 13.6 Å². The molecule has 0 radical (unpaired) electrons. The Labute approximate surface area is 159 Å². The number of nitrogens with zero attached hydrogens (tertiary/aromatic N) is 4. The summed E-state index contributed by atoms with van der Waals surface area (Å²) in [4.78, 5) is 22.3. The number of pyridine rings is 1. The first-order valence-corrected chi connectivity index (χ1v) is 8.77. The Morgan fingerprint density at radius 1 is 1.18 bits per heavy atom. The average molecular weight is 385 g/mol. The van der Waals surface area contributed by atoms with Crippen molar-refractivity contribution in [1.29, 1.82) is 0 Å². The molecule has 7 nitrogen and oxygen atoms in total. The largest absolute Gasteiger partial charge is 0.339 e. The van der Waals surface area contributed by atoms with Crippen LogP contribution >= 0.6 is 0 Å².